The van der Waals surface area contributed by atoms with Crippen molar-refractivity contribution in [2.24, 2.45) is 0 Å². The maximum Gasteiger partial charge on any atom is 0.134 e. The Balaban J connectivity index is 3.22. The van der Waals surface area contributed by atoms with Gasteiger partial charge in [0.05, 0.1) is 12.7 Å². The van der Waals surface area contributed by atoms with Crippen LogP contribution in [0.2, 0.25) is 0 Å². The van der Waals surface area contributed by atoms with Crippen molar-refractivity contribution in [2.75, 3.05) is 13.0 Å². The molecule has 0 fully saturated rings. The third kappa shape index (κ3) is 2.01. The number of ether oxygens (including phenoxy) is 1. The predicted octanol–water partition coefficient (Wildman–Crippen LogP) is 3.09. The number of methoxy groups -OCH3 is 1. The number of hydrogen-bond acceptors (Lipinski definition) is 1. The van der Waals surface area contributed by atoms with E-state index in [1.54, 1.807) is 12.1 Å². The van der Waals surface area contributed by atoms with Crippen LogP contribution in [0.5, 0.6) is 5.75 Å². The van der Waals surface area contributed by atoms with Crippen LogP contribution >= 0.6 is 11.6 Å². The fraction of sp³-hybridized carbons (Fsp3) is 0.200. The van der Waals surface area contributed by atoms with Crippen LogP contribution in [0.25, 0.3) is 5.57 Å². The summed E-state index contributed by atoms with van der Waals surface area (Å²) in [6, 6.07) is 4.62. The standard InChI is InChI=1S/C10H10ClFO/c1-7(6-11)10-8(12)4-3-5-9(10)13-2/h3-5H,1,6H2,2H3. The van der Waals surface area contributed by atoms with Crippen molar-refractivity contribution in [3.05, 3.63) is 36.2 Å². The van der Waals surface area contributed by atoms with Crippen LogP contribution in [-0.4, -0.2) is 13.0 Å². The third-order valence-corrected chi connectivity index (χ3v) is 2.03. The van der Waals surface area contributed by atoms with Crippen molar-refractivity contribution >= 4 is 17.2 Å². The summed E-state index contributed by atoms with van der Waals surface area (Å²) in [6.07, 6.45) is 0. The second-order valence-electron chi connectivity index (χ2n) is 2.55. The molecule has 0 aliphatic heterocycles. The zero-order chi connectivity index (χ0) is 9.84. The molecule has 3 heteroatoms. The van der Waals surface area contributed by atoms with Gasteiger partial charge in [0.15, 0.2) is 0 Å². The van der Waals surface area contributed by atoms with Gasteiger partial charge in [-0.1, -0.05) is 12.6 Å². The second-order valence-corrected chi connectivity index (χ2v) is 2.82. The van der Waals surface area contributed by atoms with E-state index in [-0.39, 0.29) is 11.7 Å². The Bertz CT molecular complexity index is 323. The number of allylic oxidation sites excluding steroid dienone is 1. The molecule has 0 N–H and O–H groups in total. The zero-order valence-electron chi connectivity index (χ0n) is 7.31. The van der Waals surface area contributed by atoms with Crippen molar-refractivity contribution in [1.29, 1.82) is 0 Å². The van der Waals surface area contributed by atoms with Crippen LogP contribution in [-0.2, 0) is 0 Å². The molecule has 70 valence electrons. The number of rotatable bonds is 3. The minimum atomic E-state index is -0.356. The van der Waals surface area contributed by atoms with E-state index in [0.717, 1.165) is 0 Å². The maximum absolute atomic E-state index is 13.3. The first-order valence-electron chi connectivity index (χ1n) is 3.77. The molecule has 0 radical (unpaired) electrons. The van der Waals surface area contributed by atoms with Crippen LogP contribution in [0.4, 0.5) is 4.39 Å². The fourth-order valence-corrected chi connectivity index (χ4v) is 1.22. The molecule has 1 aromatic carbocycles. The Morgan fingerprint density at radius 1 is 1.62 bits per heavy atom. The molecule has 1 rings (SSSR count). The normalized spacial score (nSPS) is 9.77. The van der Waals surface area contributed by atoms with Gasteiger partial charge >= 0.3 is 0 Å². The average molecular weight is 201 g/mol. The van der Waals surface area contributed by atoms with Gasteiger partial charge in [0.2, 0.25) is 0 Å². The molecular weight excluding hydrogens is 191 g/mol. The van der Waals surface area contributed by atoms with Gasteiger partial charge in [0, 0.05) is 5.88 Å². The monoisotopic (exact) mass is 200 g/mol. The molecule has 0 aromatic heterocycles. The topological polar surface area (TPSA) is 9.23 Å². The lowest BCUT2D eigenvalue weighted by atomic mass is 10.1. The van der Waals surface area contributed by atoms with Gasteiger partial charge in [0.25, 0.3) is 0 Å². The second kappa shape index (κ2) is 4.28. The Morgan fingerprint density at radius 2 is 2.31 bits per heavy atom. The van der Waals surface area contributed by atoms with Gasteiger partial charge in [-0.2, -0.15) is 0 Å². The van der Waals surface area contributed by atoms with E-state index >= 15 is 0 Å². The van der Waals surface area contributed by atoms with E-state index in [2.05, 4.69) is 6.58 Å². The van der Waals surface area contributed by atoms with E-state index in [4.69, 9.17) is 16.3 Å². The van der Waals surface area contributed by atoms with Crippen LogP contribution < -0.4 is 4.74 Å². The highest BCUT2D eigenvalue weighted by Gasteiger charge is 2.10. The lowest BCUT2D eigenvalue weighted by Gasteiger charge is -2.09. The Kier molecular flexibility index (Phi) is 3.32. The summed E-state index contributed by atoms with van der Waals surface area (Å²) in [7, 11) is 1.49. The molecule has 0 spiro atoms. The summed E-state index contributed by atoms with van der Waals surface area (Å²) < 4.78 is 18.3. The van der Waals surface area contributed by atoms with Crippen LogP contribution in [0.3, 0.4) is 0 Å². The molecule has 1 aromatic rings. The fourth-order valence-electron chi connectivity index (χ4n) is 1.08. The minimum Gasteiger partial charge on any atom is -0.496 e. The quantitative estimate of drug-likeness (QED) is 0.682. The Labute approximate surface area is 81.8 Å². The molecule has 0 saturated carbocycles. The molecule has 0 unspecified atom stereocenters. The molecule has 0 aliphatic rings. The lowest BCUT2D eigenvalue weighted by molar-refractivity contribution is 0.409. The minimum absolute atomic E-state index is 0.192. The largest absolute Gasteiger partial charge is 0.496 e. The summed E-state index contributed by atoms with van der Waals surface area (Å²) in [4.78, 5) is 0. The number of halogens is 2. The first kappa shape index (κ1) is 10.1. The zero-order valence-corrected chi connectivity index (χ0v) is 8.07. The number of alkyl halides is 1. The molecule has 0 amide bonds. The smallest absolute Gasteiger partial charge is 0.134 e. The van der Waals surface area contributed by atoms with E-state index in [1.165, 1.54) is 13.2 Å². The summed E-state index contributed by atoms with van der Waals surface area (Å²) in [5.41, 5.74) is 0.886. The molecule has 0 heterocycles. The summed E-state index contributed by atoms with van der Waals surface area (Å²) >= 11 is 5.57. The van der Waals surface area contributed by atoms with Crippen LogP contribution in [0.15, 0.2) is 24.8 Å². The van der Waals surface area contributed by atoms with Gasteiger partial charge in [-0.05, 0) is 17.7 Å². The van der Waals surface area contributed by atoms with Crippen molar-refractivity contribution in [3.8, 4) is 5.75 Å². The summed E-state index contributed by atoms with van der Waals surface area (Å²) in [5, 5.41) is 0. The number of benzene rings is 1. The lowest BCUT2D eigenvalue weighted by Crippen LogP contribution is -1.95. The first-order chi connectivity index (χ1) is 6.20. The van der Waals surface area contributed by atoms with E-state index in [1.807, 2.05) is 0 Å². The molecule has 13 heavy (non-hydrogen) atoms. The van der Waals surface area contributed by atoms with Crippen molar-refractivity contribution in [2.45, 2.75) is 0 Å². The van der Waals surface area contributed by atoms with Gasteiger partial charge < -0.3 is 4.74 Å². The van der Waals surface area contributed by atoms with Gasteiger partial charge in [-0.3, -0.25) is 0 Å². The average Bonchev–Trinajstić information content (AvgIpc) is 2.16. The summed E-state index contributed by atoms with van der Waals surface area (Å²) in [6.45, 7) is 3.66. The van der Waals surface area contributed by atoms with E-state index in [9.17, 15) is 4.39 Å². The van der Waals surface area contributed by atoms with Crippen LogP contribution in [0, 0.1) is 5.82 Å². The Morgan fingerprint density at radius 3 is 2.85 bits per heavy atom. The van der Waals surface area contributed by atoms with Crippen LogP contribution in [0.1, 0.15) is 5.56 Å². The van der Waals surface area contributed by atoms with E-state index < -0.39 is 0 Å². The molecular formula is C10H10ClFO. The highest BCUT2D eigenvalue weighted by molar-refractivity contribution is 6.23. The molecule has 0 bridgehead atoms. The molecule has 1 nitrogen and oxygen atoms in total. The maximum atomic E-state index is 13.3. The molecule has 0 aliphatic carbocycles. The highest BCUT2D eigenvalue weighted by Crippen LogP contribution is 2.27. The SMILES string of the molecule is C=C(CCl)c1c(F)cccc1OC. The number of hydrogen-bond donors (Lipinski definition) is 0. The van der Waals surface area contributed by atoms with Gasteiger partial charge in [0.1, 0.15) is 11.6 Å². The van der Waals surface area contributed by atoms with Crippen molar-refractivity contribution in [1.82, 2.24) is 0 Å². The highest BCUT2D eigenvalue weighted by atomic mass is 35.5. The first-order valence-corrected chi connectivity index (χ1v) is 4.30. The van der Waals surface area contributed by atoms with E-state index in [0.29, 0.717) is 16.9 Å². The summed E-state index contributed by atoms with van der Waals surface area (Å²) in [5.74, 6) is 0.299. The van der Waals surface area contributed by atoms with Gasteiger partial charge in [-0.25, -0.2) is 4.39 Å². The predicted molar refractivity (Wildman–Crippen MR) is 52.7 cm³/mol. The van der Waals surface area contributed by atoms with Gasteiger partial charge in [-0.15, -0.1) is 11.6 Å². The molecule has 0 saturated heterocycles. The van der Waals surface area contributed by atoms with Crippen molar-refractivity contribution < 1.29 is 9.13 Å². The van der Waals surface area contributed by atoms with Crippen molar-refractivity contribution in [3.63, 3.8) is 0 Å². The third-order valence-electron chi connectivity index (χ3n) is 1.71. The Hall–Kier alpha value is -1.02. The molecule has 0 atom stereocenters.